The zero-order chi connectivity index (χ0) is 17.2. The van der Waals surface area contributed by atoms with Crippen LogP contribution in [0.4, 0.5) is 0 Å². The van der Waals surface area contributed by atoms with E-state index in [0.717, 1.165) is 17.8 Å². The van der Waals surface area contributed by atoms with E-state index >= 15 is 0 Å². The Bertz CT molecular complexity index is 799. The third-order valence-corrected chi connectivity index (χ3v) is 7.56. The van der Waals surface area contributed by atoms with Crippen molar-refractivity contribution in [2.24, 2.45) is 5.92 Å². The topological polar surface area (TPSA) is 79.4 Å². The van der Waals surface area contributed by atoms with Crippen LogP contribution in [-0.4, -0.2) is 43.8 Å². The second-order valence-electron chi connectivity index (χ2n) is 5.80. The van der Waals surface area contributed by atoms with Gasteiger partial charge in [0.1, 0.15) is 9.90 Å². The van der Waals surface area contributed by atoms with Crippen molar-refractivity contribution in [3.05, 3.63) is 33.6 Å². The number of hydrogen-bond acceptors (Lipinski definition) is 6. The number of thiophene rings is 1. The summed E-state index contributed by atoms with van der Waals surface area (Å²) in [5, 5.41) is 4.39. The van der Waals surface area contributed by atoms with Crippen LogP contribution in [0.2, 0.25) is 0 Å². The minimum absolute atomic E-state index is 0.0647. The molecule has 9 heteroatoms. The third kappa shape index (κ3) is 4.02. The predicted octanol–water partition coefficient (Wildman–Crippen LogP) is 2.34. The van der Waals surface area contributed by atoms with Gasteiger partial charge in [-0.25, -0.2) is 18.1 Å². The molecule has 0 saturated carbocycles. The van der Waals surface area contributed by atoms with E-state index in [1.165, 1.54) is 22.7 Å². The normalized spacial score (nSPS) is 18.7. The smallest absolute Gasteiger partial charge is 0.273 e. The maximum absolute atomic E-state index is 12.5. The summed E-state index contributed by atoms with van der Waals surface area (Å²) >= 11 is 2.66. The molecule has 1 aliphatic heterocycles. The van der Waals surface area contributed by atoms with Crippen LogP contribution in [0.15, 0.2) is 27.1 Å². The van der Waals surface area contributed by atoms with Gasteiger partial charge in [0.2, 0.25) is 10.0 Å². The highest BCUT2D eigenvalue weighted by atomic mass is 32.2. The maximum Gasteiger partial charge on any atom is 0.273 e. The molecule has 1 unspecified atom stereocenters. The first-order valence-corrected chi connectivity index (χ1v) is 10.9. The third-order valence-electron chi connectivity index (χ3n) is 3.97. The van der Waals surface area contributed by atoms with Crippen molar-refractivity contribution in [1.29, 1.82) is 0 Å². The van der Waals surface area contributed by atoms with Gasteiger partial charge < -0.3 is 4.90 Å². The van der Waals surface area contributed by atoms with Crippen LogP contribution < -0.4 is 4.72 Å². The van der Waals surface area contributed by atoms with Crippen molar-refractivity contribution >= 4 is 38.6 Å². The van der Waals surface area contributed by atoms with Gasteiger partial charge in [-0.2, -0.15) is 0 Å². The maximum atomic E-state index is 12.5. The summed E-state index contributed by atoms with van der Waals surface area (Å²) in [7, 11) is -3.45. The second-order valence-corrected chi connectivity index (χ2v) is 9.80. The molecule has 1 amide bonds. The molecule has 24 heavy (non-hydrogen) atoms. The molecule has 1 atom stereocenters. The molecule has 3 heterocycles. The summed E-state index contributed by atoms with van der Waals surface area (Å²) in [6.07, 6.45) is 1.78. The minimum Gasteiger partial charge on any atom is -0.337 e. The van der Waals surface area contributed by atoms with Gasteiger partial charge in [-0.1, -0.05) is 6.07 Å². The van der Waals surface area contributed by atoms with E-state index in [9.17, 15) is 13.2 Å². The molecular weight excluding hydrogens is 366 g/mol. The number of thiazole rings is 1. The molecule has 0 aliphatic carbocycles. The Morgan fingerprint density at radius 3 is 2.96 bits per heavy atom. The number of rotatable bonds is 5. The number of aryl methyl sites for hydroxylation is 1. The van der Waals surface area contributed by atoms with Crippen molar-refractivity contribution in [2.75, 3.05) is 19.6 Å². The number of hydrogen-bond donors (Lipinski definition) is 1. The van der Waals surface area contributed by atoms with Gasteiger partial charge in [-0.05, 0) is 37.1 Å². The molecule has 0 spiro atoms. The van der Waals surface area contributed by atoms with Crippen LogP contribution in [0.25, 0.3) is 0 Å². The number of sulfonamides is 1. The molecule has 3 rings (SSSR count). The highest BCUT2D eigenvalue weighted by Gasteiger charge is 2.27. The summed E-state index contributed by atoms with van der Waals surface area (Å²) in [5.41, 5.74) is 0.484. The first kappa shape index (κ1) is 17.5. The average Bonchev–Trinajstić information content (AvgIpc) is 3.24. The van der Waals surface area contributed by atoms with Gasteiger partial charge in [0, 0.05) is 25.0 Å². The molecule has 1 fully saturated rings. The Kier molecular flexibility index (Phi) is 5.33. The monoisotopic (exact) mass is 385 g/mol. The highest BCUT2D eigenvalue weighted by Crippen LogP contribution is 2.21. The van der Waals surface area contributed by atoms with Gasteiger partial charge >= 0.3 is 0 Å². The van der Waals surface area contributed by atoms with Gasteiger partial charge in [-0.3, -0.25) is 4.79 Å². The van der Waals surface area contributed by atoms with Crippen LogP contribution in [0.3, 0.4) is 0 Å². The molecule has 1 saturated heterocycles. The van der Waals surface area contributed by atoms with Crippen molar-refractivity contribution < 1.29 is 13.2 Å². The molecule has 0 radical (unpaired) electrons. The summed E-state index contributed by atoms with van der Waals surface area (Å²) in [4.78, 5) is 18.5. The second kappa shape index (κ2) is 7.30. The highest BCUT2D eigenvalue weighted by molar-refractivity contribution is 7.91. The number of piperidine rings is 1. The lowest BCUT2D eigenvalue weighted by atomic mass is 9.98. The van der Waals surface area contributed by atoms with Crippen molar-refractivity contribution in [1.82, 2.24) is 14.6 Å². The lowest BCUT2D eigenvalue weighted by molar-refractivity contribution is 0.0671. The molecule has 2 aromatic heterocycles. The van der Waals surface area contributed by atoms with E-state index in [1.807, 2.05) is 6.92 Å². The summed E-state index contributed by atoms with van der Waals surface area (Å²) in [5.74, 6) is 0.0577. The van der Waals surface area contributed by atoms with Gasteiger partial charge in [0.15, 0.2) is 0 Å². The zero-order valence-electron chi connectivity index (χ0n) is 13.3. The minimum atomic E-state index is -3.45. The van der Waals surface area contributed by atoms with Crippen molar-refractivity contribution in [3.8, 4) is 0 Å². The predicted molar refractivity (Wildman–Crippen MR) is 95.0 cm³/mol. The molecule has 1 N–H and O–H groups in total. The van der Waals surface area contributed by atoms with Crippen molar-refractivity contribution in [3.63, 3.8) is 0 Å². The largest absolute Gasteiger partial charge is 0.337 e. The Morgan fingerprint density at radius 1 is 1.46 bits per heavy atom. The number of aromatic nitrogens is 1. The fraction of sp³-hybridized carbons (Fsp3) is 0.467. The molecule has 130 valence electrons. The van der Waals surface area contributed by atoms with E-state index in [4.69, 9.17) is 0 Å². The number of nitrogens with zero attached hydrogens (tertiary/aromatic N) is 2. The summed E-state index contributed by atoms with van der Waals surface area (Å²) in [6.45, 7) is 3.48. The summed E-state index contributed by atoms with van der Waals surface area (Å²) < 4.78 is 27.4. The Hall–Kier alpha value is -1.29. The van der Waals surface area contributed by atoms with Crippen LogP contribution in [0.1, 0.15) is 28.3 Å². The van der Waals surface area contributed by atoms with Gasteiger partial charge in [0.25, 0.3) is 5.91 Å². The molecule has 0 aromatic carbocycles. The van der Waals surface area contributed by atoms with Crippen molar-refractivity contribution in [2.45, 2.75) is 24.0 Å². The van der Waals surface area contributed by atoms with E-state index < -0.39 is 10.0 Å². The molecule has 2 aromatic rings. The lowest BCUT2D eigenvalue weighted by Gasteiger charge is -2.32. The Morgan fingerprint density at radius 2 is 2.29 bits per heavy atom. The molecule has 0 bridgehead atoms. The van der Waals surface area contributed by atoms with E-state index in [0.29, 0.717) is 29.5 Å². The zero-order valence-corrected chi connectivity index (χ0v) is 15.7. The van der Waals surface area contributed by atoms with Crippen LogP contribution >= 0.6 is 22.7 Å². The van der Waals surface area contributed by atoms with Gasteiger partial charge in [0.05, 0.1) is 5.01 Å². The number of nitrogens with one attached hydrogen (secondary N) is 1. The number of carbonyl (C=O) groups excluding carboxylic acids is 1. The first-order chi connectivity index (χ1) is 11.5. The van der Waals surface area contributed by atoms with Gasteiger partial charge in [-0.15, -0.1) is 22.7 Å². The standard InChI is InChI=1S/C15H19N3O3S3/c1-11-17-13(10-23-11)15(19)18-6-2-4-12(9-18)8-16-24(20,21)14-5-3-7-22-14/h3,5,7,10,12,16H,2,4,6,8-9H2,1H3. The average molecular weight is 386 g/mol. The van der Waals surface area contributed by atoms with Crippen LogP contribution in [0.5, 0.6) is 0 Å². The lowest BCUT2D eigenvalue weighted by Crippen LogP contribution is -2.43. The number of amides is 1. The quantitative estimate of drug-likeness (QED) is 0.857. The number of likely N-dealkylation sites (tertiary alicyclic amines) is 1. The first-order valence-electron chi connectivity index (χ1n) is 7.70. The van der Waals surface area contributed by atoms with E-state index in [2.05, 4.69) is 9.71 Å². The SMILES string of the molecule is Cc1nc(C(=O)N2CCCC(CNS(=O)(=O)c3cccs3)C2)cs1. The molecular formula is C15H19N3O3S3. The van der Waals surface area contributed by atoms with E-state index in [1.54, 1.807) is 27.8 Å². The number of carbonyl (C=O) groups is 1. The molecule has 1 aliphatic rings. The fourth-order valence-electron chi connectivity index (χ4n) is 2.75. The van der Waals surface area contributed by atoms with E-state index in [-0.39, 0.29) is 11.8 Å². The summed E-state index contributed by atoms with van der Waals surface area (Å²) in [6, 6.07) is 3.31. The Balaban J connectivity index is 1.59. The Labute approximate surface area is 149 Å². The van der Waals surface area contributed by atoms with Crippen LogP contribution in [-0.2, 0) is 10.0 Å². The van der Waals surface area contributed by atoms with Crippen LogP contribution in [0, 0.1) is 12.8 Å². The fourth-order valence-corrected chi connectivity index (χ4v) is 5.50. The molecule has 6 nitrogen and oxygen atoms in total.